The lowest BCUT2D eigenvalue weighted by Crippen LogP contribution is -2.60. The smallest absolute Gasteiger partial charge is 0.196 e. The molecule has 3 aromatic rings. The zero-order valence-corrected chi connectivity index (χ0v) is 18.7. The van der Waals surface area contributed by atoms with Gasteiger partial charge in [0.15, 0.2) is 17.1 Å². The molecule has 1 fully saturated rings. The van der Waals surface area contributed by atoms with Crippen LogP contribution in [0.15, 0.2) is 72.8 Å². The average molecular weight is 425 g/mol. The van der Waals surface area contributed by atoms with E-state index in [-0.39, 0.29) is 11.6 Å². The second-order valence-corrected chi connectivity index (χ2v) is 8.92. The Labute approximate surface area is 189 Å². The van der Waals surface area contributed by atoms with Gasteiger partial charge in [-0.15, -0.1) is 0 Å². The fourth-order valence-corrected chi connectivity index (χ4v) is 5.32. The molecule has 1 atom stereocenters. The highest BCUT2D eigenvalue weighted by Crippen LogP contribution is 2.43. The molecule has 0 bridgehead atoms. The minimum atomic E-state index is -1.26. The van der Waals surface area contributed by atoms with Crippen molar-refractivity contribution in [1.29, 1.82) is 0 Å². The van der Waals surface area contributed by atoms with E-state index in [2.05, 4.69) is 41.0 Å². The highest BCUT2D eigenvalue weighted by atomic mass is 16.2. The number of hydrogen-bond acceptors (Lipinski definition) is 4. The molecule has 1 unspecified atom stereocenters. The molecule has 0 aromatic heterocycles. The van der Waals surface area contributed by atoms with Crippen LogP contribution >= 0.6 is 0 Å². The van der Waals surface area contributed by atoms with Crippen LogP contribution in [0.4, 0.5) is 0 Å². The van der Waals surface area contributed by atoms with Crippen LogP contribution in [-0.2, 0) is 12.1 Å². The van der Waals surface area contributed by atoms with Crippen molar-refractivity contribution in [2.75, 3.05) is 26.2 Å². The van der Waals surface area contributed by atoms with Crippen LogP contribution in [0.25, 0.3) is 0 Å². The van der Waals surface area contributed by atoms with Crippen molar-refractivity contribution in [2.24, 2.45) is 0 Å². The number of ketones is 2. The molecular weight excluding hydrogens is 396 g/mol. The monoisotopic (exact) mass is 424 g/mol. The van der Waals surface area contributed by atoms with Crippen LogP contribution in [-0.4, -0.2) is 47.5 Å². The van der Waals surface area contributed by atoms with E-state index in [1.165, 1.54) is 11.1 Å². The van der Waals surface area contributed by atoms with Crippen LogP contribution < -0.4 is 0 Å². The summed E-state index contributed by atoms with van der Waals surface area (Å²) in [5, 5.41) is 0. The van der Waals surface area contributed by atoms with E-state index in [0.29, 0.717) is 24.2 Å². The molecule has 0 amide bonds. The van der Waals surface area contributed by atoms with Crippen LogP contribution in [0.1, 0.15) is 43.0 Å². The molecule has 1 aliphatic heterocycles. The summed E-state index contributed by atoms with van der Waals surface area (Å²) in [6, 6.07) is 23.7. The van der Waals surface area contributed by atoms with Gasteiger partial charge in [-0.05, 0) is 36.1 Å². The first kappa shape index (κ1) is 20.8. The topological polar surface area (TPSA) is 40.6 Å². The van der Waals surface area contributed by atoms with E-state index in [0.717, 1.165) is 30.8 Å². The van der Waals surface area contributed by atoms with Crippen molar-refractivity contribution in [1.82, 2.24) is 9.80 Å². The van der Waals surface area contributed by atoms with Crippen LogP contribution in [0.5, 0.6) is 0 Å². The Hall–Kier alpha value is -3.08. The van der Waals surface area contributed by atoms with E-state index in [9.17, 15) is 9.59 Å². The Kier molecular flexibility index (Phi) is 5.28. The standard InChI is InChI=1S/C28H28N2O2/c1-20-9-6-7-11-22(20)19-29-15-17-30(18-16-29)28(23-12-4-3-5-13-23)26(31)24-14-8-10-21(2)25(24)27(28)32/h3-14H,15-19H2,1-2H3. The molecule has 1 aliphatic carbocycles. The predicted octanol–water partition coefficient (Wildman–Crippen LogP) is 4.40. The summed E-state index contributed by atoms with van der Waals surface area (Å²) in [6.07, 6.45) is 0. The van der Waals surface area contributed by atoms with E-state index >= 15 is 0 Å². The molecule has 4 nitrogen and oxygen atoms in total. The number of hydrogen-bond donors (Lipinski definition) is 0. The first-order valence-electron chi connectivity index (χ1n) is 11.3. The summed E-state index contributed by atoms with van der Waals surface area (Å²) in [4.78, 5) is 32.5. The minimum absolute atomic E-state index is 0.0749. The third-order valence-electron chi connectivity index (χ3n) is 7.10. The normalized spacial score (nSPS) is 21.7. The van der Waals surface area contributed by atoms with Gasteiger partial charge in [0.1, 0.15) is 0 Å². The SMILES string of the molecule is Cc1ccccc1CN1CCN(C2(c3ccccc3)C(=O)c3cccc(C)c3C2=O)CC1. The first-order chi connectivity index (χ1) is 15.5. The van der Waals surface area contributed by atoms with E-state index in [4.69, 9.17) is 0 Å². The Morgan fingerprint density at radius 3 is 2.06 bits per heavy atom. The lowest BCUT2D eigenvalue weighted by atomic mass is 9.82. The van der Waals surface area contributed by atoms with Crippen LogP contribution in [0.2, 0.25) is 0 Å². The summed E-state index contributed by atoms with van der Waals surface area (Å²) >= 11 is 0. The number of carbonyl (C=O) groups is 2. The van der Waals surface area contributed by atoms with Crippen molar-refractivity contribution >= 4 is 11.6 Å². The van der Waals surface area contributed by atoms with E-state index in [1.807, 2.05) is 55.5 Å². The predicted molar refractivity (Wildman–Crippen MR) is 126 cm³/mol. The number of fused-ring (bicyclic) bond motifs is 1. The summed E-state index contributed by atoms with van der Waals surface area (Å²) < 4.78 is 0. The third-order valence-corrected chi connectivity index (χ3v) is 7.10. The van der Waals surface area contributed by atoms with Crippen molar-refractivity contribution in [3.63, 3.8) is 0 Å². The quantitative estimate of drug-likeness (QED) is 0.582. The van der Waals surface area contributed by atoms with E-state index < -0.39 is 5.54 Å². The second kappa shape index (κ2) is 8.12. The maximum absolute atomic E-state index is 14.0. The number of aryl methyl sites for hydroxylation is 2. The highest BCUT2D eigenvalue weighted by molar-refractivity contribution is 6.33. The van der Waals surface area contributed by atoms with Gasteiger partial charge in [0.2, 0.25) is 0 Å². The van der Waals surface area contributed by atoms with Crippen LogP contribution in [0.3, 0.4) is 0 Å². The number of rotatable bonds is 4. The van der Waals surface area contributed by atoms with Gasteiger partial charge in [0.05, 0.1) is 0 Å². The van der Waals surface area contributed by atoms with Crippen molar-refractivity contribution in [2.45, 2.75) is 25.9 Å². The number of piperazine rings is 1. The summed E-state index contributed by atoms with van der Waals surface area (Å²) in [6.45, 7) is 7.94. The second-order valence-electron chi connectivity index (χ2n) is 8.92. The van der Waals surface area contributed by atoms with Crippen LogP contribution in [0, 0.1) is 13.8 Å². The average Bonchev–Trinajstić information content (AvgIpc) is 3.05. The zero-order chi connectivity index (χ0) is 22.3. The number of Topliss-reactive ketones (excluding diaryl/α,β-unsaturated/α-hetero) is 2. The molecule has 32 heavy (non-hydrogen) atoms. The molecule has 0 radical (unpaired) electrons. The molecular formula is C28H28N2O2. The molecule has 0 N–H and O–H groups in total. The van der Waals surface area contributed by atoms with Gasteiger partial charge in [0.25, 0.3) is 0 Å². The van der Waals surface area contributed by atoms with Gasteiger partial charge in [-0.1, -0.05) is 72.8 Å². The Morgan fingerprint density at radius 1 is 0.719 bits per heavy atom. The lowest BCUT2D eigenvalue weighted by molar-refractivity contribution is 0.0279. The summed E-state index contributed by atoms with van der Waals surface area (Å²) in [7, 11) is 0. The zero-order valence-electron chi connectivity index (χ0n) is 18.7. The molecule has 3 aromatic carbocycles. The number of nitrogens with zero attached hydrogens (tertiary/aromatic N) is 2. The molecule has 2 aliphatic rings. The number of benzene rings is 3. The van der Waals surface area contributed by atoms with Gasteiger partial charge in [-0.3, -0.25) is 19.4 Å². The molecule has 0 saturated carbocycles. The van der Waals surface area contributed by atoms with E-state index in [1.54, 1.807) is 0 Å². The van der Waals surface area contributed by atoms with Crippen molar-refractivity contribution < 1.29 is 9.59 Å². The molecule has 1 heterocycles. The third kappa shape index (κ3) is 3.14. The summed E-state index contributed by atoms with van der Waals surface area (Å²) in [5.74, 6) is -0.158. The fourth-order valence-electron chi connectivity index (χ4n) is 5.32. The van der Waals surface area contributed by atoms with Gasteiger partial charge in [-0.25, -0.2) is 0 Å². The summed E-state index contributed by atoms with van der Waals surface area (Å²) in [5.41, 5.74) is 4.15. The Balaban J connectivity index is 1.48. The molecule has 0 spiro atoms. The maximum Gasteiger partial charge on any atom is 0.196 e. The van der Waals surface area contributed by atoms with Gasteiger partial charge in [0, 0.05) is 43.9 Å². The van der Waals surface area contributed by atoms with Crippen molar-refractivity contribution in [3.8, 4) is 0 Å². The molecule has 1 saturated heterocycles. The van der Waals surface area contributed by atoms with Crippen molar-refractivity contribution in [3.05, 3.63) is 106 Å². The molecule has 162 valence electrons. The Bertz CT molecular complexity index is 1180. The first-order valence-corrected chi connectivity index (χ1v) is 11.3. The Morgan fingerprint density at radius 2 is 1.38 bits per heavy atom. The largest absolute Gasteiger partial charge is 0.297 e. The van der Waals surface area contributed by atoms with Gasteiger partial charge < -0.3 is 0 Å². The fraction of sp³-hybridized carbons (Fsp3) is 0.286. The maximum atomic E-state index is 14.0. The van der Waals surface area contributed by atoms with Gasteiger partial charge in [-0.2, -0.15) is 0 Å². The van der Waals surface area contributed by atoms with Gasteiger partial charge >= 0.3 is 0 Å². The lowest BCUT2D eigenvalue weighted by Gasteiger charge is -2.44. The minimum Gasteiger partial charge on any atom is -0.297 e. The molecule has 4 heteroatoms. The molecule has 5 rings (SSSR count). The number of carbonyl (C=O) groups excluding carboxylic acids is 2. The highest BCUT2D eigenvalue weighted by Gasteiger charge is 2.58.